The highest BCUT2D eigenvalue weighted by molar-refractivity contribution is 5.69. The van der Waals surface area contributed by atoms with Crippen LogP contribution in [0.25, 0.3) is 0 Å². The quantitative estimate of drug-likeness (QED) is 0.802. The predicted molar refractivity (Wildman–Crippen MR) is 84.5 cm³/mol. The van der Waals surface area contributed by atoms with Gasteiger partial charge in [-0.15, -0.1) is 0 Å². The van der Waals surface area contributed by atoms with Crippen LogP contribution in [0.2, 0.25) is 0 Å². The second-order valence-corrected chi connectivity index (χ2v) is 4.93. The van der Waals surface area contributed by atoms with Crippen LogP contribution in [0.5, 0.6) is 11.5 Å². The average molecular weight is 301 g/mol. The number of carbonyl (C=O) groups is 1. The number of rotatable bonds is 6. The van der Waals surface area contributed by atoms with Crippen molar-refractivity contribution in [3.8, 4) is 11.5 Å². The lowest BCUT2D eigenvalue weighted by molar-refractivity contribution is -0.137. The Labute approximate surface area is 129 Å². The first-order valence-corrected chi connectivity index (χ1v) is 6.84. The van der Waals surface area contributed by atoms with Crippen LogP contribution in [0.4, 0.5) is 5.69 Å². The van der Waals surface area contributed by atoms with Crippen LogP contribution in [-0.4, -0.2) is 25.3 Å². The number of carboxylic acid groups (broad SMARTS) is 1. The fourth-order valence-corrected chi connectivity index (χ4v) is 2.40. The van der Waals surface area contributed by atoms with E-state index in [1.54, 1.807) is 32.4 Å². The molecule has 0 fully saturated rings. The fraction of sp³-hybridized carbons (Fsp3) is 0.235. The van der Waals surface area contributed by atoms with Gasteiger partial charge in [-0.2, -0.15) is 0 Å². The molecule has 22 heavy (non-hydrogen) atoms. The van der Waals surface area contributed by atoms with Crippen molar-refractivity contribution >= 4 is 11.7 Å². The summed E-state index contributed by atoms with van der Waals surface area (Å²) in [5, 5.41) is 9.21. The second-order valence-electron chi connectivity index (χ2n) is 4.93. The van der Waals surface area contributed by atoms with E-state index in [9.17, 15) is 9.90 Å². The van der Waals surface area contributed by atoms with E-state index in [1.807, 2.05) is 24.3 Å². The van der Waals surface area contributed by atoms with Gasteiger partial charge in [0.1, 0.15) is 0 Å². The van der Waals surface area contributed by atoms with Crippen LogP contribution in [-0.2, 0) is 4.79 Å². The van der Waals surface area contributed by atoms with Crippen LogP contribution < -0.4 is 15.2 Å². The summed E-state index contributed by atoms with van der Waals surface area (Å²) in [6.07, 6.45) is -0.0145. The van der Waals surface area contributed by atoms with Crippen molar-refractivity contribution < 1.29 is 19.4 Å². The number of ether oxygens (including phenoxy) is 2. The minimum Gasteiger partial charge on any atom is -0.493 e. The van der Waals surface area contributed by atoms with Gasteiger partial charge in [-0.05, 0) is 35.4 Å². The number of nitrogen functional groups attached to an aromatic ring is 1. The second kappa shape index (κ2) is 6.85. The van der Waals surface area contributed by atoms with E-state index < -0.39 is 5.97 Å². The van der Waals surface area contributed by atoms with Crippen molar-refractivity contribution in [2.24, 2.45) is 0 Å². The Balaban J connectivity index is 2.45. The lowest BCUT2D eigenvalue weighted by Gasteiger charge is -2.18. The van der Waals surface area contributed by atoms with E-state index in [4.69, 9.17) is 15.2 Å². The van der Waals surface area contributed by atoms with Crippen LogP contribution in [0.15, 0.2) is 42.5 Å². The molecule has 3 N–H and O–H groups in total. The molecule has 0 saturated heterocycles. The zero-order chi connectivity index (χ0) is 16.1. The monoisotopic (exact) mass is 301 g/mol. The lowest BCUT2D eigenvalue weighted by Crippen LogP contribution is -2.08. The number of hydrogen-bond donors (Lipinski definition) is 2. The summed E-state index contributed by atoms with van der Waals surface area (Å²) in [4.78, 5) is 11.2. The molecule has 0 spiro atoms. The standard InChI is InChI=1S/C17H19NO4/c1-21-15-8-5-12(9-16(15)22-2)14(10-17(19)20)11-3-6-13(18)7-4-11/h3-9,14H,10,18H2,1-2H3,(H,19,20). The van der Waals surface area contributed by atoms with Gasteiger partial charge in [-0.3, -0.25) is 4.79 Å². The summed E-state index contributed by atoms with van der Waals surface area (Å²) in [6.45, 7) is 0. The lowest BCUT2D eigenvalue weighted by atomic mass is 9.88. The third kappa shape index (κ3) is 3.49. The third-order valence-corrected chi connectivity index (χ3v) is 3.53. The molecule has 0 aliphatic heterocycles. The molecule has 0 aliphatic carbocycles. The van der Waals surface area contributed by atoms with E-state index in [2.05, 4.69) is 0 Å². The minimum atomic E-state index is -0.864. The van der Waals surface area contributed by atoms with Gasteiger partial charge >= 0.3 is 5.97 Å². The first-order chi connectivity index (χ1) is 10.5. The Morgan fingerprint density at radius 3 is 2.18 bits per heavy atom. The summed E-state index contributed by atoms with van der Waals surface area (Å²) in [5.41, 5.74) is 8.09. The molecule has 0 aliphatic rings. The Morgan fingerprint density at radius 2 is 1.64 bits per heavy atom. The van der Waals surface area contributed by atoms with E-state index in [0.29, 0.717) is 17.2 Å². The number of nitrogens with two attached hydrogens (primary N) is 1. The van der Waals surface area contributed by atoms with Crippen molar-refractivity contribution in [2.75, 3.05) is 20.0 Å². The topological polar surface area (TPSA) is 81.8 Å². The molecule has 2 aromatic rings. The molecule has 0 bridgehead atoms. The molecule has 116 valence electrons. The minimum absolute atomic E-state index is 0.0145. The zero-order valence-electron chi connectivity index (χ0n) is 12.6. The smallest absolute Gasteiger partial charge is 0.304 e. The number of carboxylic acids is 1. The summed E-state index contributed by atoms with van der Waals surface area (Å²) < 4.78 is 10.5. The molecule has 0 radical (unpaired) electrons. The highest BCUT2D eigenvalue weighted by Crippen LogP contribution is 2.35. The van der Waals surface area contributed by atoms with Crippen molar-refractivity contribution in [3.05, 3.63) is 53.6 Å². The van der Waals surface area contributed by atoms with Crippen molar-refractivity contribution in [1.82, 2.24) is 0 Å². The molecule has 0 saturated carbocycles. The zero-order valence-corrected chi connectivity index (χ0v) is 12.6. The van der Waals surface area contributed by atoms with E-state index >= 15 is 0 Å². The molecule has 2 aromatic carbocycles. The third-order valence-electron chi connectivity index (χ3n) is 3.53. The molecule has 0 heterocycles. The van der Waals surface area contributed by atoms with Gasteiger partial charge in [0.25, 0.3) is 0 Å². The SMILES string of the molecule is COc1ccc(C(CC(=O)O)c2ccc(N)cc2)cc1OC. The van der Waals surface area contributed by atoms with Crippen molar-refractivity contribution in [3.63, 3.8) is 0 Å². The molecule has 1 atom stereocenters. The molecule has 0 aromatic heterocycles. The van der Waals surface area contributed by atoms with Gasteiger partial charge in [0, 0.05) is 11.6 Å². The number of aliphatic carboxylic acids is 1. The maximum atomic E-state index is 11.2. The molecule has 1 unspecified atom stereocenters. The van der Waals surface area contributed by atoms with E-state index in [1.165, 1.54) is 0 Å². The van der Waals surface area contributed by atoms with Crippen LogP contribution in [0, 0.1) is 0 Å². The first-order valence-electron chi connectivity index (χ1n) is 6.84. The summed E-state index contributed by atoms with van der Waals surface area (Å²) in [6, 6.07) is 12.7. The molecular weight excluding hydrogens is 282 g/mol. The van der Waals surface area contributed by atoms with Gasteiger partial charge in [-0.25, -0.2) is 0 Å². The largest absolute Gasteiger partial charge is 0.493 e. The first kappa shape index (κ1) is 15.7. The Bertz CT molecular complexity index is 652. The average Bonchev–Trinajstić information content (AvgIpc) is 2.52. The highest BCUT2D eigenvalue weighted by Gasteiger charge is 2.19. The fourth-order valence-electron chi connectivity index (χ4n) is 2.40. The summed E-state index contributed by atoms with van der Waals surface area (Å²) in [7, 11) is 3.11. The van der Waals surface area contributed by atoms with E-state index in [-0.39, 0.29) is 12.3 Å². The van der Waals surface area contributed by atoms with Crippen molar-refractivity contribution in [1.29, 1.82) is 0 Å². The van der Waals surface area contributed by atoms with Crippen molar-refractivity contribution in [2.45, 2.75) is 12.3 Å². The predicted octanol–water partition coefficient (Wildman–Crippen LogP) is 2.89. The Kier molecular flexibility index (Phi) is 4.88. The number of hydrogen-bond acceptors (Lipinski definition) is 4. The number of anilines is 1. The van der Waals surface area contributed by atoms with Gasteiger partial charge in [0.05, 0.1) is 20.6 Å². The molecule has 2 rings (SSSR count). The van der Waals surface area contributed by atoms with Gasteiger partial charge < -0.3 is 20.3 Å². The van der Waals surface area contributed by atoms with Gasteiger partial charge in [0.15, 0.2) is 11.5 Å². The molecule has 0 amide bonds. The summed E-state index contributed by atoms with van der Waals surface area (Å²) in [5.74, 6) is 0.0398. The van der Waals surface area contributed by atoms with Gasteiger partial charge in [-0.1, -0.05) is 18.2 Å². The summed E-state index contributed by atoms with van der Waals surface area (Å²) >= 11 is 0. The maximum absolute atomic E-state index is 11.2. The highest BCUT2D eigenvalue weighted by atomic mass is 16.5. The molecule has 5 heteroatoms. The molecule has 5 nitrogen and oxygen atoms in total. The Morgan fingerprint density at radius 1 is 1.05 bits per heavy atom. The maximum Gasteiger partial charge on any atom is 0.304 e. The van der Waals surface area contributed by atoms with E-state index in [0.717, 1.165) is 11.1 Å². The molecular formula is C17H19NO4. The number of benzene rings is 2. The van der Waals surface area contributed by atoms with Crippen LogP contribution in [0.1, 0.15) is 23.5 Å². The Hall–Kier alpha value is -2.69. The normalized spacial score (nSPS) is 11.7. The van der Waals surface area contributed by atoms with Gasteiger partial charge in [0.2, 0.25) is 0 Å². The van der Waals surface area contributed by atoms with Crippen LogP contribution >= 0.6 is 0 Å². The number of methoxy groups -OCH3 is 2. The van der Waals surface area contributed by atoms with Crippen LogP contribution in [0.3, 0.4) is 0 Å².